The molecule has 5 N–H and O–H groups in total. The van der Waals surface area contributed by atoms with Gasteiger partial charge in [0.1, 0.15) is 5.82 Å². The summed E-state index contributed by atoms with van der Waals surface area (Å²) in [4.78, 5) is 22.6. The van der Waals surface area contributed by atoms with Gasteiger partial charge < -0.3 is 15.7 Å². The Kier molecular flexibility index (Phi) is 5.58. The average Bonchev–Trinajstić information content (AvgIpc) is 2.28. The highest BCUT2D eigenvalue weighted by atomic mass is 32.1. The zero-order valence-electron chi connectivity index (χ0n) is 10.6. The first-order valence-electron chi connectivity index (χ1n) is 5.53. The number of rotatable bonds is 1. The molecule has 102 valence electrons. The molecule has 0 unspecified atom stereocenters. The van der Waals surface area contributed by atoms with Crippen molar-refractivity contribution in [1.82, 2.24) is 19.9 Å². The zero-order valence-corrected chi connectivity index (χ0v) is 12.2. The van der Waals surface area contributed by atoms with E-state index in [-0.39, 0.29) is 5.56 Å². The van der Waals surface area contributed by atoms with E-state index in [0.29, 0.717) is 21.3 Å². The highest BCUT2D eigenvalue weighted by Crippen LogP contribution is 2.06. The standard InChI is InChI=1S/C7H10N2OS.C4H5N3S/c1-4(2)5-3-6(10)9-7(11)8-5;5-3-1-2-6-4(8)7-3/h3-4H,1-2H3,(H2,8,9,10,11);1-2H,(H3,5,6,7,8). The summed E-state index contributed by atoms with van der Waals surface area (Å²) in [6.45, 7) is 4.00. The van der Waals surface area contributed by atoms with Gasteiger partial charge in [0, 0.05) is 18.0 Å². The quantitative estimate of drug-likeness (QED) is 0.605. The van der Waals surface area contributed by atoms with Gasteiger partial charge in [-0.3, -0.25) is 9.78 Å². The minimum absolute atomic E-state index is 0.141. The number of hydrogen-bond acceptors (Lipinski definition) is 5. The van der Waals surface area contributed by atoms with Gasteiger partial charge in [0.25, 0.3) is 5.56 Å². The first-order valence-corrected chi connectivity index (χ1v) is 6.34. The van der Waals surface area contributed by atoms with Crippen molar-refractivity contribution in [2.45, 2.75) is 19.8 Å². The highest BCUT2D eigenvalue weighted by Gasteiger charge is 1.98. The summed E-state index contributed by atoms with van der Waals surface area (Å²) < 4.78 is 0.811. The van der Waals surface area contributed by atoms with E-state index in [2.05, 4.69) is 32.2 Å². The molecule has 19 heavy (non-hydrogen) atoms. The molecule has 0 aliphatic rings. The van der Waals surface area contributed by atoms with Crippen LogP contribution in [-0.2, 0) is 0 Å². The van der Waals surface area contributed by atoms with Gasteiger partial charge in [-0.1, -0.05) is 13.8 Å². The topological polar surface area (TPSA) is 103 Å². The summed E-state index contributed by atoms with van der Waals surface area (Å²) in [5.41, 5.74) is 6.03. The molecule has 0 atom stereocenters. The number of aromatic nitrogens is 4. The van der Waals surface area contributed by atoms with Gasteiger partial charge in [0.2, 0.25) is 0 Å². The third kappa shape index (κ3) is 5.58. The summed E-state index contributed by atoms with van der Waals surface area (Å²) in [5.74, 6) is 0.851. The fraction of sp³-hybridized carbons (Fsp3) is 0.273. The molecule has 2 heterocycles. The van der Waals surface area contributed by atoms with Crippen LogP contribution in [0.2, 0.25) is 0 Å². The Bertz CT molecular complexity index is 672. The summed E-state index contributed by atoms with van der Waals surface area (Å²) in [7, 11) is 0. The van der Waals surface area contributed by atoms with Crippen LogP contribution in [0.3, 0.4) is 0 Å². The Morgan fingerprint density at radius 1 is 1.26 bits per heavy atom. The van der Waals surface area contributed by atoms with Crippen molar-refractivity contribution in [2.24, 2.45) is 0 Å². The van der Waals surface area contributed by atoms with Crippen LogP contribution < -0.4 is 11.3 Å². The molecule has 2 aromatic rings. The molecule has 0 amide bonds. The molecule has 8 heteroatoms. The molecule has 0 spiro atoms. The van der Waals surface area contributed by atoms with Gasteiger partial charge in [-0.2, -0.15) is 0 Å². The lowest BCUT2D eigenvalue weighted by Gasteiger charge is -2.02. The van der Waals surface area contributed by atoms with Crippen molar-refractivity contribution in [1.29, 1.82) is 0 Å². The van der Waals surface area contributed by atoms with E-state index in [9.17, 15) is 4.79 Å². The number of aromatic amines is 3. The Hall–Kier alpha value is -1.80. The summed E-state index contributed by atoms with van der Waals surface area (Å²) in [6.07, 6.45) is 1.56. The number of nitrogens with one attached hydrogen (secondary N) is 3. The Labute approximate surface area is 120 Å². The molecular weight excluding hydrogens is 282 g/mol. The first-order chi connectivity index (χ1) is 8.88. The summed E-state index contributed by atoms with van der Waals surface area (Å²) >= 11 is 9.45. The number of hydrogen-bond donors (Lipinski definition) is 4. The van der Waals surface area contributed by atoms with Crippen molar-refractivity contribution in [3.63, 3.8) is 0 Å². The van der Waals surface area contributed by atoms with E-state index in [1.165, 1.54) is 6.07 Å². The summed E-state index contributed by atoms with van der Waals surface area (Å²) in [5, 5.41) is 0. The maximum atomic E-state index is 10.9. The molecule has 0 aliphatic heterocycles. The second-order valence-corrected chi connectivity index (χ2v) is 4.82. The van der Waals surface area contributed by atoms with E-state index in [0.717, 1.165) is 5.69 Å². The van der Waals surface area contributed by atoms with Crippen LogP contribution in [0, 0.1) is 9.54 Å². The first kappa shape index (κ1) is 15.3. The molecular formula is C11H15N5OS2. The van der Waals surface area contributed by atoms with Crippen LogP contribution in [-0.4, -0.2) is 19.9 Å². The van der Waals surface area contributed by atoms with Crippen LogP contribution in [0.4, 0.5) is 5.82 Å². The monoisotopic (exact) mass is 297 g/mol. The average molecular weight is 297 g/mol. The fourth-order valence-electron chi connectivity index (χ4n) is 1.18. The van der Waals surface area contributed by atoms with Gasteiger partial charge in [-0.15, -0.1) is 0 Å². The van der Waals surface area contributed by atoms with E-state index < -0.39 is 0 Å². The smallest absolute Gasteiger partial charge is 0.251 e. The molecule has 0 saturated carbocycles. The van der Waals surface area contributed by atoms with Crippen molar-refractivity contribution in [3.05, 3.63) is 43.9 Å². The predicted molar refractivity (Wildman–Crippen MR) is 80.2 cm³/mol. The minimum Gasteiger partial charge on any atom is -0.385 e. The van der Waals surface area contributed by atoms with Gasteiger partial charge in [0.15, 0.2) is 9.54 Å². The third-order valence-electron chi connectivity index (χ3n) is 2.10. The molecule has 6 nitrogen and oxygen atoms in total. The highest BCUT2D eigenvalue weighted by molar-refractivity contribution is 7.71. The predicted octanol–water partition coefficient (Wildman–Crippen LogP) is 2.28. The second kappa shape index (κ2) is 6.95. The van der Waals surface area contributed by atoms with Gasteiger partial charge in [-0.05, 0) is 36.4 Å². The Balaban J connectivity index is 0.000000200. The largest absolute Gasteiger partial charge is 0.385 e. The van der Waals surface area contributed by atoms with Crippen molar-refractivity contribution < 1.29 is 0 Å². The van der Waals surface area contributed by atoms with E-state index in [4.69, 9.17) is 18.0 Å². The number of nitrogen functional groups attached to an aromatic ring is 1. The fourth-order valence-corrected chi connectivity index (χ4v) is 1.58. The van der Waals surface area contributed by atoms with Crippen molar-refractivity contribution >= 4 is 30.3 Å². The molecule has 0 aliphatic carbocycles. The van der Waals surface area contributed by atoms with Crippen LogP contribution in [0.5, 0.6) is 0 Å². The van der Waals surface area contributed by atoms with Crippen LogP contribution in [0.15, 0.2) is 23.1 Å². The van der Waals surface area contributed by atoms with E-state index in [1.807, 2.05) is 13.8 Å². The third-order valence-corrected chi connectivity index (χ3v) is 2.51. The molecule has 0 saturated heterocycles. The minimum atomic E-state index is -0.141. The lowest BCUT2D eigenvalue weighted by atomic mass is 10.1. The van der Waals surface area contributed by atoms with Gasteiger partial charge in [0.05, 0.1) is 0 Å². The SMILES string of the molecule is CC(C)c1cc(=O)[nH]c(=S)[nH]1.Nc1ccnc(=S)[nH]1. The maximum Gasteiger partial charge on any atom is 0.251 e. The van der Waals surface area contributed by atoms with Crippen molar-refractivity contribution in [3.8, 4) is 0 Å². The lowest BCUT2D eigenvalue weighted by molar-refractivity contribution is 0.804. The molecule has 0 bridgehead atoms. The normalized spacial score (nSPS) is 9.84. The molecule has 0 aromatic carbocycles. The molecule has 0 fully saturated rings. The summed E-state index contributed by atoms with van der Waals surface area (Å²) in [6, 6.07) is 3.18. The number of anilines is 1. The van der Waals surface area contributed by atoms with Crippen LogP contribution in [0.1, 0.15) is 25.5 Å². The molecule has 0 radical (unpaired) electrons. The lowest BCUT2D eigenvalue weighted by Crippen LogP contribution is -2.09. The molecule has 2 rings (SSSR count). The van der Waals surface area contributed by atoms with E-state index >= 15 is 0 Å². The Morgan fingerprint density at radius 2 is 1.95 bits per heavy atom. The van der Waals surface area contributed by atoms with Crippen LogP contribution >= 0.6 is 24.4 Å². The van der Waals surface area contributed by atoms with Crippen LogP contribution in [0.25, 0.3) is 0 Å². The van der Waals surface area contributed by atoms with Gasteiger partial charge in [-0.25, -0.2) is 4.98 Å². The van der Waals surface area contributed by atoms with Gasteiger partial charge >= 0.3 is 0 Å². The molecule has 2 aromatic heterocycles. The number of H-pyrrole nitrogens is 3. The van der Waals surface area contributed by atoms with Crippen molar-refractivity contribution in [2.75, 3.05) is 5.73 Å². The zero-order chi connectivity index (χ0) is 14.4. The second-order valence-electron chi connectivity index (χ2n) is 4.03. The number of nitrogens with zero attached hydrogens (tertiary/aromatic N) is 1. The van der Waals surface area contributed by atoms with E-state index in [1.54, 1.807) is 12.3 Å². The Morgan fingerprint density at radius 3 is 2.37 bits per heavy atom. The maximum absolute atomic E-state index is 10.9. The number of nitrogens with two attached hydrogens (primary N) is 1.